The van der Waals surface area contributed by atoms with Crippen LogP contribution >= 0.6 is 12.4 Å². The summed E-state index contributed by atoms with van der Waals surface area (Å²) in [5, 5.41) is 2.27. The number of hydrogen-bond donors (Lipinski definition) is 1. The van der Waals surface area contributed by atoms with Crippen LogP contribution in [0.2, 0.25) is 0 Å². The third-order valence-corrected chi connectivity index (χ3v) is 6.90. The molecule has 0 aliphatic carbocycles. The van der Waals surface area contributed by atoms with Crippen LogP contribution < -0.4 is 10.6 Å². The van der Waals surface area contributed by atoms with E-state index >= 15 is 0 Å². The smallest absolute Gasteiger partial charge is 0.147 e. The molecule has 0 amide bonds. The summed E-state index contributed by atoms with van der Waals surface area (Å²) >= 11 is 0.929. The summed E-state index contributed by atoms with van der Waals surface area (Å²) in [6, 6.07) is 19.4. The quantitative estimate of drug-likeness (QED) is 0.268. The molecule has 165 valence electrons. The molecule has 2 aromatic carbocycles. The first kappa shape index (κ1) is 25.2. The molecule has 31 heavy (non-hydrogen) atoms. The predicted octanol–water partition coefficient (Wildman–Crippen LogP) is 6.56. The van der Waals surface area contributed by atoms with Crippen molar-refractivity contribution in [3.63, 3.8) is 0 Å². The average molecular weight is 477 g/mol. The van der Waals surface area contributed by atoms with E-state index in [4.69, 9.17) is 4.98 Å². The average Bonchev–Trinajstić information content (AvgIpc) is 2.73. The Balaban J connectivity index is 0.00000171. The van der Waals surface area contributed by atoms with Crippen molar-refractivity contribution in [2.24, 2.45) is 0 Å². The van der Waals surface area contributed by atoms with Gasteiger partial charge in [0.15, 0.2) is 0 Å². The zero-order valence-electron chi connectivity index (χ0n) is 18.8. The van der Waals surface area contributed by atoms with E-state index in [1.807, 2.05) is 12.3 Å². The first-order valence-corrected chi connectivity index (χ1v) is 11.3. The molecule has 0 bridgehead atoms. The second-order valence-electron chi connectivity index (χ2n) is 8.06. The molecule has 0 saturated carbocycles. The molecule has 4 aromatic rings. The summed E-state index contributed by atoms with van der Waals surface area (Å²) in [4.78, 5) is 9.65. The van der Waals surface area contributed by atoms with Gasteiger partial charge >= 0.3 is 179 Å². The Kier molecular flexibility index (Phi) is 8.50. The van der Waals surface area contributed by atoms with Gasteiger partial charge in [-0.1, -0.05) is 0 Å². The molecule has 0 aliphatic rings. The Hall–Kier alpha value is -2.10. The zero-order valence-corrected chi connectivity index (χ0v) is 20.7. The Morgan fingerprint density at radius 1 is 0.774 bits per heavy atom. The Bertz CT molecular complexity index is 1210. The number of rotatable bonds is 4. The molecular formula is C26H31ClFeN3. The summed E-state index contributed by atoms with van der Waals surface area (Å²) in [7, 11) is 0. The summed E-state index contributed by atoms with van der Waals surface area (Å²) in [5.74, 6) is 1.02. The molecule has 3 nitrogen and oxygen atoms in total. The second kappa shape index (κ2) is 10.5. The van der Waals surface area contributed by atoms with E-state index < -0.39 is 0 Å². The van der Waals surface area contributed by atoms with Gasteiger partial charge in [0.05, 0.1) is 0 Å². The Labute approximate surface area is 197 Å². The van der Waals surface area contributed by atoms with E-state index in [-0.39, 0.29) is 18.6 Å². The third-order valence-electron chi connectivity index (χ3n) is 5.29. The molecule has 0 atom stereocenters. The van der Waals surface area contributed by atoms with Crippen LogP contribution in [0.5, 0.6) is 0 Å². The SMILES string of the molecule is C/[C](=[Fe]\[c]1c(C(C)C)cccc1C(C)C)c1ccc2ccc3cccnc3c2n1.Cl.N. The van der Waals surface area contributed by atoms with Gasteiger partial charge in [-0.05, 0) is 0 Å². The van der Waals surface area contributed by atoms with Gasteiger partial charge in [0.2, 0.25) is 0 Å². The normalized spacial score (nSPS) is 11.9. The first-order chi connectivity index (χ1) is 14.0. The van der Waals surface area contributed by atoms with Gasteiger partial charge in [-0.3, -0.25) is 0 Å². The second-order valence-corrected chi connectivity index (χ2v) is 9.72. The maximum Gasteiger partial charge on any atom is -0.147 e. The van der Waals surface area contributed by atoms with Crippen molar-refractivity contribution in [2.45, 2.75) is 46.5 Å². The van der Waals surface area contributed by atoms with Gasteiger partial charge in [0.1, 0.15) is 0 Å². The standard InChI is InChI=1S/C14H10N2.C12H17.ClH.Fe.H3N/c1-2-12-8-7-11-6-5-10-4-3-9-15-13(10)14(11)16-12;1-9(2)11-6-5-7-12(8-11)10(3)4;;;/h3-9H,1H3;5-7,9-10H,1-4H3;1H;;1H3. The minimum atomic E-state index is 0. The molecule has 0 spiro atoms. The van der Waals surface area contributed by atoms with E-state index in [1.54, 1.807) is 0 Å². The Morgan fingerprint density at radius 3 is 1.97 bits per heavy atom. The maximum atomic E-state index is 5.05. The van der Waals surface area contributed by atoms with Gasteiger partial charge in [-0.15, -0.1) is 12.4 Å². The van der Waals surface area contributed by atoms with Gasteiger partial charge in [0, 0.05) is 0 Å². The predicted molar refractivity (Wildman–Crippen MR) is 133 cm³/mol. The molecule has 0 aliphatic heterocycles. The van der Waals surface area contributed by atoms with Crippen molar-refractivity contribution in [2.75, 3.05) is 0 Å². The summed E-state index contributed by atoms with van der Waals surface area (Å²) < 4.78 is 2.77. The fraction of sp³-hybridized carbons (Fsp3) is 0.269. The molecule has 2 heterocycles. The maximum absolute atomic E-state index is 5.05. The molecule has 0 fully saturated rings. The molecule has 0 radical (unpaired) electrons. The van der Waals surface area contributed by atoms with E-state index in [0.29, 0.717) is 11.8 Å². The topological polar surface area (TPSA) is 60.8 Å². The fourth-order valence-electron chi connectivity index (χ4n) is 3.63. The number of fused-ring (bicyclic) bond motifs is 3. The number of nitrogens with zero attached hydrogens (tertiary/aromatic N) is 2. The monoisotopic (exact) mass is 476 g/mol. The number of hydrogen-bond acceptors (Lipinski definition) is 3. The van der Waals surface area contributed by atoms with Crippen molar-refractivity contribution in [3.05, 3.63) is 77.6 Å². The van der Waals surface area contributed by atoms with Crippen LogP contribution in [0, 0.1) is 0 Å². The van der Waals surface area contributed by atoms with Crippen LogP contribution in [0.1, 0.15) is 63.3 Å². The number of halogens is 1. The van der Waals surface area contributed by atoms with Crippen molar-refractivity contribution in [1.29, 1.82) is 0 Å². The molecule has 0 saturated heterocycles. The van der Waals surface area contributed by atoms with Crippen molar-refractivity contribution in [3.8, 4) is 0 Å². The minimum Gasteiger partial charge on any atom is -0.344 e. The van der Waals surface area contributed by atoms with Crippen molar-refractivity contribution in [1.82, 2.24) is 16.1 Å². The molecule has 3 N–H and O–H groups in total. The van der Waals surface area contributed by atoms with Crippen LogP contribution in [0.15, 0.2) is 60.8 Å². The van der Waals surface area contributed by atoms with Gasteiger partial charge in [-0.2, -0.15) is 0 Å². The molecule has 4 rings (SSSR count). The van der Waals surface area contributed by atoms with Crippen LogP contribution in [0.4, 0.5) is 0 Å². The van der Waals surface area contributed by atoms with Crippen molar-refractivity contribution < 1.29 is 14.5 Å². The number of pyridine rings is 2. The van der Waals surface area contributed by atoms with Crippen LogP contribution in [0.3, 0.4) is 0 Å². The molecule has 2 aromatic heterocycles. The van der Waals surface area contributed by atoms with Crippen molar-refractivity contribution >= 4 is 43.1 Å². The van der Waals surface area contributed by atoms with E-state index in [0.717, 1.165) is 42.0 Å². The third kappa shape index (κ3) is 5.05. The summed E-state index contributed by atoms with van der Waals surface area (Å²) in [5.41, 5.74) is 5.92. The van der Waals surface area contributed by atoms with Crippen LogP contribution in [-0.4, -0.2) is 14.4 Å². The molecular weight excluding hydrogens is 446 g/mol. The molecule has 5 heteroatoms. The Morgan fingerprint density at radius 2 is 1.35 bits per heavy atom. The fourth-order valence-corrected chi connectivity index (χ4v) is 5.48. The van der Waals surface area contributed by atoms with E-state index in [1.165, 1.54) is 20.0 Å². The largest absolute Gasteiger partial charge is 0.344 e. The van der Waals surface area contributed by atoms with E-state index in [2.05, 4.69) is 88.1 Å². The summed E-state index contributed by atoms with van der Waals surface area (Å²) in [6.07, 6.45) is 1.85. The van der Waals surface area contributed by atoms with Crippen LogP contribution in [0.25, 0.3) is 21.8 Å². The van der Waals surface area contributed by atoms with Crippen LogP contribution in [-0.2, 0) is 14.5 Å². The van der Waals surface area contributed by atoms with Gasteiger partial charge < -0.3 is 6.15 Å². The summed E-state index contributed by atoms with van der Waals surface area (Å²) in [6.45, 7) is 11.3. The minimum absolute atomic E-state index is 0. The number of aromatic nitrogens is 2. The van der Waals surface area contributed by atoms with E-state index in [9.17, 15) is 0 Å². The molecule has 0 unspecified atom stereocenters. The van der Waals surface area contributed by atoms with Gasteiger partial charge in [0.25, 0.3) is 0 Å². The first-order valence-electron chi connectivity index (χ1n) is 10.2. The zero-order chi connectivity index (χ0) is 20.5. The number of benzene rings is 2. The van der Waals surface area contributed by atoms with Gasteiger partial charge in [-0.25, -0.2) is 0 Å².